The highest BCUT2D eigenvalue weighted by Gasteiger charge is 1.98. The Hall–Kier alpha value is -0.150. The summed E-state index contributed by atoms with van der Waals surface area (Å²) in [7, 11) is 0. The molecule has 0 rings (SSSR count). The van der Waals surface area contributed by atoms with Crippen molar-refractivity contribution in [1.82, 2.24) is 0 Å². The van der Waals surface area contributed by atoms with Gasteiger partial charge in [0.15, 0.2) is 0 Å². The summed E-state index contributed by atoms with van der Waals surface area (Å²) in [6.45, 7) is 4.55. The second-order valence-electron chi connectivity index (χ2n) is 2.04. The molecule has 0 aromatic heterocycles. The molecular weight excluding hydrogens is 148 g/mol. The van der Waals surface area contributed by atoms with Gasteiger partial charge >= 0.3 is 0 Å². The number of ether oxygens (including phenoxy) is 1. The van der Waals surface area contributed by atoms with Crippen LogP contribution in [0.3, 0.4) is 0 Å². The van der Waals surface area contributed by atoms with E-state index in [1.165, 1.54) is 0 Å². The molecule has 0 radical (unpaired) electrons. The van der Waals surface area contributed by atoms with E-state index in [0.717, 1.165) is 18.5 Å². The Morgan fingerprint density at radius 2 is 2.40 bits per heavy atom. The van der Waals surface area contributed by atoms with Crippen LogP contribution in [0.25, 0.3) is 0 Å². The topological polar surface area (TPSA) is 29.5 Å². The minimum Gasteiger partial charge on any atom is -0.502 e. The summed E-state index contributed by atoms with van der Waals surface area (Å²) in [5, 5.41) is 0.269. The SMILES string of the molecule is CC=COCCC(C)SO. The minimum atomic E-state index is 0.269. The Labute approximate surface area is 66.5 Å². The first-order valence-corrected chi connectivity index (χ1v) is 4.18. The molecule has 1 atom stereocenters. The van der Waals surface area contributed by atoms with Crippen LogP contribution in [0.15, 0.2) is 12.3 Å². The van der Waals surface area contributed by atoms with E-state index in [-0.39, 0.29) is 5.25 Å². The lowest BCUT2D eigenvalue weighted by Crippen LogP contribution is -1.99. The third-order valence-corrected chi connectivity index (χ3v) is 1.65. The maximum Gasteiger partial charge on any atom is 0.0884 e. The third-order valence-electron chi connectivity index (χ3n) is 1.05. The van der Waals surface area contributed by atoms with Gasteiger partial charge in [-0.1, -0.05) is 13.0 Å². The van der Waals surface area contributed by atoms with Crippen LogP contribution in [0, 0.1) is 0 Å². The largest absolute Gasteiger partial charge is 0.502 e. The molecule has 0 aromatic carbocycles. The minimum absolute atomic E-state index is 0.269. The maximum absolute atomic E-state index is 8.53. The van der Waals surface area contributed by atoms with Crippen LogP contribution in [0.5, 0.6) is 0 Å². The Morgan fingerprint density at radius 1 is 1.70 bits per heavy atom. The number of hydrogen-bond acceptors (Lipinski definition) is 3. The van der Waals surface area contributed by atoms with Gasteiger partial charge in [-0.25, -0.2) is 0 Å². The Kier molecular flexibility index (Phi) is 6.86. The maximum atomic E-state index is 8.53. The highest BCUT2D eigenvalue weighted by molar-refractivity contribution is 7.94. The van der Waals surface area contributed by atoms with Crippen LogP contribution < -0.4 is 0 Å². The monoisotopic (exact) mass is 162 g/mol. The predicted octanol–water partition coefficient (Wildman–Crippen LogP) is 2.52. The van der Waals surface area contributed by atoms with Crippen molar-refractivity contribution in [3.05, 3.63) is 12.3 Å². The number of hydrogen-bond donors (Lipinski definition) is 1. The molecule has 0 aliphatic rings. The van der Waals surface area contributed by atoms with Gasteiger partial charge in [0.1, 0.15) is 0 Å². The molecule has 0 spiro atoms. The Bertz CT molecular complexity index is 93.6. The highest BCUT2D eigenvalue weighted by Crippen LogP contribution is 2.08. The third kappa shape index (κ3) is 5.98. The Balaban J connectivity index is 3.03. The van der Waals surface area contributed by atoms with Gasteiger partial charge in [-0.3, -0.25) is 0 Å². The van der Waals surface area contributed by atoms with Crippen molar-refractivity contribution in [2.24, 2.45) is 0 Å². The van der Waals surface area contributed by atoms with E-state index >= 15 is 0 Å². The van der Waals surface area contributed by atoms with Crippen molar-refractivity contribution in [3.63, 3.8) is 0 Å². The second-order valence-corrected chi connectivity index (χ2v) is 3.06. The summed E-state index contributed by atoms with van der Waals surface area (Å²) in [5.41, 5.74) is 0. The molecule has 10 heavy (non-hydrogen) atoms. The molecular formula is C7H14O2S. The molecule has 0 saturated heterocycles. The van der Waals surface area contributed by atoms with Gasteiger partial charge in [0.05, 0.1) is 12.9 Å². The molecule has 3 heteroatoms. The molecule has 0 saturated carbocycles. The van der Waals surface area contributed by atoms with Crippen molar-refractivity contribution in [2.45, 2.75) is 25.5 Å². The first kappa shape index (κ1) is 9.85. The Morgan fingerprint density at radius 3 is 2.90 bits per heavy atom. The predicted molar refractivity (Wildman–Crippen MR) is 45.1 cm³/mol. The smallest absolute Gasteiger partial charge is 0.0884 e. The lowest BCUT2D eigenvalue weighted by Gasteiger charge is -2.04. The fourth-order valence-corrected chi connectivity index (χ4v) is 0.653. The summed E-state index contributed by atoms with van der Waals surface area (Å²) >= 11 is 0.879. The van der Waals surface area contributed by atoms with Crippen molar-refractivity contribution < 1.29 is 9.29 Å². The van der Waals surface area contributed by atoms with Crippen molar-refractivity contribution in [2.75, 3.05) is 6.61 Å². The van der Waals surface area contributed by atoms with Gasteiger partial charge in [-0.2, -0.15) is 0 Å². The van der Waals surface area contributed by atoms with E-state index in [1.807, 2.05) is 19.9 Å². The van der Waals surface area contributed by atoms with Gasteiger partial charge < -0.3 is 9.29 Å². The molecule has 0 heterocycles. The molecule has 60 valence electrons. The van der Waals surface area contributed by atoms with Crippen LogP contribution in [0.4, 0.5) is 0 Å². The van der Waals surface area contributed by atoms with Crippen LogP contribution in [-0.4, -0.2) is 16.4 Å². The summed E-state index contributed by atoms with van der Waals surface area (Å²) in [6.07, 6.45) is 4.39. The molecule has 0 aliphatic carbocycles. The van der Waals surface area contributed by atoms with E-state index in [2.05, 4.69) is 0 Å². The van der Waals surface area contributed by atoms with E-state index in [9.17, 15) is 0 Å². The van der Waals surface area contributed by atoms with Gasteiger partial charge in [0.2, 0.25) is 0 Å². The van der Waals surface area contributed by atoms with Crippen molar-refractivity contribution in [3.8, 4) is 0 Å². The highest BCUT2D eigenvalue weighted by atomic mass is 32.2. The van der Waals surface area contributed by atoms with Crippen LogP contribution in [-0.2, 0) is 4.74 Å². The van der Waals surface area contributed by atoms with Gasteiger partial charge in [0, 0.05) is 5.25 Å². The summed E-state index contributed by atoms with van der Waals surface area (Å²) in [5.74, 6) is 0. The zero-order valence-corrected chi connectivity index (χ0v) is 7.23. The standard InChI is InChI=1S/C7H14O2S/c1-3-5-9-6-4-7(2)10-8/h3,5,7-8H,4,6H2,1-2H3. The molecule has 1 N–H and O–H groups in total. The fraction of sp³-hybridized carbons (Fsp3) is 0.714. The number of rotatable bonds is 5. The normalized spacial score (nSPS) is 13.9. The molecule has 0 aromatic rings. The van der Waals surface area contributed by atoms with Gasteiger partial charge in [0.25, 0.3) is 0 Å². The lowest BCUT2D eigenvalue weighted by atomic mass is 10.3. The average molecular weight is 162 g/mol. The average Bonchev–Trinajstić information content (AvgIpc) is 1.98. The zero-order valence-electron chi connectivity index (χ0n) is 6.41. The van der Waals surface area contributed by atoms with E-state index in [1.54, 1.807) is 6.26 Å². The molecule has 0 fully saturated rings. The first-order valence-electron chi connectivity index (χ1n) is 3.34. The summed E-state index contributed by atoms with van der Waals surface area (Å²) in [4.78, 5) is 0. The molecule has 0 bridgehead atoms. The van der Waals surface area contributed by atoms with Crippen LogP contribution in [0.2, 0.25) is 0 Å². The van der Waals surface area contributed by atoms with Crippen LogP contribution >= 0.6 is 12.0 Å². The van der Waals surface area contributed by atoms with Gasteiger partial charge in [-0.05, 0) is 25.4 Å². The second kappa shape index (κ2) is 6.96. The van der Waals surface area contributed by atoms with Crippen molar-refractivity contribution >= 4 is 12.0 Å². The summed E-state index contributed by atoms with van der Waals surface area (Å²) < 4.78 is 13.6. The molecule has 0 aliphatic heterocycles. The quantitative estimate of drug-likeness (QED) is 0.382. The molecule has 2 nitrogen and oxygen atoms in total. The van der Waals surface area contributed by atoms with E-state index < -0.39 is 0 Å². The van der Waals surface area contributed by atoms with E-state index in [0.29, 0.717) is 6.61 Å². The zero-order chi connectivity index (χ0) is 7.82. The van der Waals surface area contributed by atoms with Crippen molar-refractivity contribution in [1.29, 1.82) is 0 Å². The van der Waals surface area contributed by atoms with Crippen LogP contribution in [0.1, 0.15) is 20.3 Å². The first-order chi connectivity index (χ1) is 4.81. The number of allylic oxidation sites excluding steroid dienone is 1. The van der Waals surface area contributed by atoms with Gasteiger partial charge in [-0.15, -0.1) is 0 Å². The fourth-order valence-electron chi connectivity index (χ4n) is 0.451. The molecule has 0 amide bonds. The lowest BCUT2D eigenvalue weighted by molar-refractivity contribution is 0.244. The van der Waals surface area contributed by atoms with E-state index in [4.69, 9.17) is 9.29 Å². The molecule has 1 unspecified atom stereocenters. The summed E-state index contributed by atoms with van der Waals surface area (Å²) in [6, 6.07) is 0.